The van der Waals surface area contributed by atoms with Crippen LogP contribution in [0.15, 0.2) is 78.9 Å². The lowest BCUT2D eigenvalue weighted by atomic mass is 9.87. The molecule has 30 heavy (non-hydrogen) atoms. The fourth-order valence-corrected chi connectivity index (χ4v) is 3.52. The standard InChI is InChI=1S/C26H29NO3/c1-19(2)27-16-15-23(21-11-7-4-8-12-21)24-17-22(26(28)29)13-14-25(24)30-18-20-9-5-3-6-10-20/h3-14,17,19,23,27H,15-16,18H2,1-2H3,(H,28,29). The molecule has 3 aromatic carbocycles. The summed E-state index contributed by atoms with van der Waals surface area (Å²) in [6.07, 6.45) is 0.840. The normalized spacial score (nSPS) is 12.0. The van der Waals surface area contributed by atoms with E-state index in [9.17, 15) is 9.90 Å². The Labute approximate surface area is 178 Å². The van der Waals surface area contributed by atoms with E-state index in [4.69, 9.17) is 4.74 Å². The first-order valence-electron chi connectivity index (χ1n) is 10.4. The second-order valence-corrected chi connectivity index (χ2v) is 7.69. The molecular formula is C26H29NO3. The van der Waals surface area contributed by atoms with Gasteiger partial charge in [-0.15, -0.1) is 0 Å². The molecule has 3 rings (SSSR count). The summed E-state index contributed by atoms with van der Waals surface area (Å²) in [7, 11) is 0. The Hall–Kier alpha value is -3.11. The number of ether oxygens (including phenoxy) is 1. The minimum absolute atomic E-state index is 0.0301. The van der Waals surface area contributed by atoms with Crippen LogP contribution in [-0.4, -0.2) is 23.7 Å². The van der Waals surface area contributed by atoms with Gasteiger partial charge in [0.25, 0.3) is 0 Å². The molecule has 0 saturated carbocycles. The molecule has 0 spiro atoms. The van der Waals surface area contributed by atoms with Crippen molar-refractivity contribution in [3.05, 3.63) is 101 Å². The molecule has 0 saturated heterocycles. The van der Waals surface area contributed by atoms with Gasteiger partial charge in [0.1, 0.15) is 12.4 Å². The number of benzene rings is 3. The first-order valence-corrected chi connectivity index (χ1v) is 10.4. The summed E-state index contributed by atoms with van der Waals surface area (Å²) in [6.45, 7) is 5.51. The fourth-order valence-electron chi connectivity index (χ4n) is 3.52. The molecule has 0 aromatic heterocycles. The Morgan fingerprint density at radius 1 is 0.967 bits per heavy atom. The Bertz CT molecular complexity index is 939. The van der Waals surface area contributed by atoms with Gasteiger partial charge in [0.15, 0.2) is 0 Å². The molecular weight excluding hydrogens is 374 g/mol. The van der Waals surface area contributed by atoms with Crippen LogP contribution < -0.4 is 10.1 Å². The third-order valence-electron chi connectivity index (χ3n) is 5.06. The summed E-state index contributed by atoms with van der Waals surface area (Å²) in [5, 5.41) is 13.0. The number of hydrogen-bond acceptors (Lipinski definition) is 3. The molecule has 1 atom stereocenters. The molecule has 0 amide bonds. The molecule has 3 aromatic rings. The van der Waals surface area contributed by atoms with Gasteiger partial charge in [-0.2, -0.15) is 0 Å². The number of carboxylic acids is 1. The smallest absolute Gasteiger partial charge is 0.335 e. The maximum atomic E-state index is 11.7. The van der Waals surface area contributed by atoms with Crippen LogP contribution in [0.5, 0.6) is 5.75 Å². The van der Waals surface area contributed by atoms with Crippen LogP contribution in [0.4, 0.5) is 0 Å². The van der Waals surface area contributed by atoms with Gasteiger partial charge in [-0.1, -0.05) is 74.5 Å². The second kappa shape index (κ2) is 10.6. The minimum Gasteiger partial charge on any atom is -0.489 e. The average Bonchev–Trinajstić information content (AvgIpc) is 2.76. The molecule has 0 aliphatic rings. The van der Waals surface area contributed by atoms with E-state index >= 15 is 0 Å². The number of rotatable bonds is 10. The first-order chi connectivity index (χ1) is 14.5. The summed E-state index contributed by atoms with van der Waals surface area (Å²) in [5.74, 6) is -0.178. The van der Waals surface area contributed by atoms with Crippen LogP contribution in [0.3, 0.4) is 0 Å². The molecule has 1 unspecified atom stereocenters. The molecule has 0 fully saturated rings. The molecule has 0 bridgehead atoms. The molecule has 156 valence electrons. The van der Waals surface area contributed by atoms with Crippen molar-refractivity contribution in [1.82, 2.24) is 5.32 Å². The van der Waals surface area contributed by atoms with E-state index in [1.807, 2.05) is 48.5 Å². The number of carbonyl (C=O) groups is 1. The van der Waals surface area contributed by atoms with Crippen LogP contribution in [0.1, 0.15) is 53.2 Å². The van der Waals surface area contributed by atoms with E-state index in [0.29, 0.717) is 12.6 Å². The molecule has 4 nitrogen and oxygen atoms in total. The van der Waals surface area contributed by atoms with Crippen molar-refractivity contribution in [2.24, 2.45) is 0 Å². The molecule has 2 N–H and O–H groups in total. The third kappa shape index (κ3) is 5.94. The van der Waals surface area contributed by atoms with E-state index in [0.717, 1.165) is 35.4 Å². The van der Waals surface area contributed by atoms with E-state index < -0.39 is 5.97 Å². The quantitative estimate of drug-likeness (QED) is 0.470. The summed E-state index contributed by atoms with van der Waals surface area (Å²) in [4.78, 5) is 11.7. The molecule has 0 aliphatic heterocycles. The molecule has 0 radical (unpaired) electrons. The molecule has 4 heteroatoms. The lowest BCUT2D eigenvalue weighted by Crippen LogP contribution is -2.25. The van der Waals surface area contributed by atoms with Gasteiger partial charge >= 0.3 is 5.97 Å². The van der Waals surface area contributed by atoms with Gasteiger partial charge in [-0.3, -0.25) is 0 Å². The van der Waals surface area contributed by atoms with Crippen LogP contribution in [0.2, 0.25) is 0 Å². The minimum atomic E-state index is -0.932. The number of nitrogens with one attached hydrogen (secondary N) is 1. The van der Waals surface area contributed by atoms with Crippen molar-refractivity contribution in [3.63, 3.8) is 0 Å². The third-order valence-corrected chi connectivity index (χ3v) is 5.06. The topological polar surface area (TPSA) is 58.6 Å². The summed E-state index contributed by atoms with van der Waals surface area (Å²) < 4.78 is 6.17. The van der Waals surface area contributed by atoms with Crippen molar-refractivity contribution >= 4 is 5.97 Å². The van der Waals surface area contributed by atoms with Gasteiger partial charge in [0.05, 0.1) is 5.56 Å². The lowest BCUT2D eigenvalue weighted by molar-refractivity contribution is 0.0696. The predicted molar refractivity (Wildman–Crippen MR) is 120 cm³/mol. The van der Waals surface area contributed by atoms with Crippen molar-refractivity contribution in [2.75, 3.05) is 6.54 Å². The first kappa shape index (κ1) is 21.6. The largest absolute Gasteiger partial charge is 0.489 e. The number of carboxylic acid groups (broad SMARTS) is 1. The van der Waals surface area contributed by atoms with E-state index in [1.165, 1.54) is 0 Å². The Morgan fingerprint density at radius 2 is 1.63 bits per heavy atom. The van der Waals surface area contributed by atoms with Crippen LogP contribution in [-0.2, 0) is 6.61 Å². The Kier molecular flexibility index (Phi) is 7.63. The van der Waals surface area contributed by atoms with Gasteiger partial charge in [0.2, 0.25) is 0 Å². The zero-order valence-electron chi connectivity index (χ0n) is 17.5. The van der Waals surface area contributed by atoms with Gasteiger partial charge in [0, 0.05) is 17.5 Å². The van der Waals surface area contributed by atoms with Gasteiger partial charge in [-0.25, -0.2) is 4.79 Å². The number of hydrogen-bond donors (Lipinski definition) is 2. The summed E-state index contributed by atoms with van der Waals surface area (Å²) >= 11 is 0. The van der Waals surface area contributed by atoms with Crippen LogP contribution >= 0.6 is 0 Å². The highest BCUT2D eigenvalue weighted by Crippen LogP contribution is 2.35. The zero-order chi connectivity index (χ0) is 21.3. The second-order valence-electron chi connectivity index (χ2n) is 7.69. The SMILES string of the molecule is CC(C)NCCC(c1ccccc1)c1cc(C(=O)O)ccc1OCc1ccccc1. The molecule has 0 aliphatic carbocycles. The zero-order valence-corrected chi connectivity index (χ0v) is 17.5. The Morgan fingerprint density at radius 3 is 2.27 bits per heavy atom. The highest BCUT2D eigenvalue weighted by Gasteiger charge is 2.21. The van der Waals surface area contributed by atoms with Crippen molar-refractivity contribution < 1.29 is 14.6 Å². The molecule has 0 heterocycles. The number of aromatic carboxylic acids is 1. The summed E-state index contributed by atoms with van der Waals surface area (Å²) in [6, 6.07) is 25.7. The van der Waals surface area contributed by atoms with E-state index in [-0.39, 0.29) is 11.5 Å². The maximum absolute atomic E-state index is 11.7. The van der Waals surface area contributed by atoms with Gasteiger partial charge in [-0.05, 0) is 42.3 Å². The lowest BCUT2D eigenvalue weighted by Gasteiger charge is -2.23. The van der Waals surface area contributed by atoms with Crippen molar-refractivity contribution in [1.29, 1.82) is 0 Å². The average molecular weight is 404 g/mol. The summed E-state index contributed by atoms with van der Waals surface area (Å²) in [5.41, 5.74) is 3.40. The van der Waals surface area contributed by atoms with Crippen LogP contribution in [0.25, 0.3) is 0 Å². The van der Waals surface area contributed by atoms with Crippen molar-refractivity contribution in [3.8, 4) is 5.75 Å². The van der Waals surface area contributed by atoms with E-state index in [1.54, 1.807) is 18.2 Å². The highest BCUT2D eigenvalue weighted by atomic mass is 16.5. The van der Waals surface area contributed by atoms with Crippen molar-refractivity contribution in [2.45, 2.75) is 38.8 Å². The van der Waals surface area contributed by atoms with E-state index in [2.05, 4.69) is 31.3 Å². The van der Waals surface area contributed by atoms with Crippen LogP contribution in [0, 0.1) is 0 Å². The fraction of sp³-hybridized carbons (Fsp3) is 0.269. The predicted octanol–water partition coefficient (Wildman–Crippen LogP) is 5.48. The monoisotopic (exact) mass is 403 g/mol. The maximum Gasteiger partial charge on any atom is 0.335 e. The highest BCUT2D eigenvalue weighted by molar-refractivity contribution is 5.88. The Balaban J connectivity index is 1.95. The van der Waals surface area contributed by atoms with Gasteiger partial charge < -0.3 is 15.2 Å².